The summed E-state index contributed by atoms with van der Waals surface area (Å²) in [5.41, 5.74) is -0.844. The molecule has 0 saturated heterocycles. The number of hydrogen-bond acceptors (Lipinski definition) is 5. The van der Waals surface area contributed by atoms with Gasteiger partial charge in [0.1, 0.15) is 5.60 Å². The standard InChI is InChI=1S/C10H13F3N2O3/c1-4-9(2,17-3)8-14-7(18-15-8)5-6(16)10(11,12)13/h4-5H2,1-3H3. The van der Waals surface area contributed by atoms with Crippen LogP contribution in [0.3, 0.4) is 0 Å². The molecule has 1 atom stereocenters. The Labute approximate surface area is 101 Å². The van der Waals surface area contributed by atoms with E-state index in [2.05, 4.69) is 14.7 Å². The number of methoxy groups -OCH3 is 1. The summed E-state index contributed by atoms with van der Waals surface area (Å²) in [4.78, 5) is 14.5. The van der Waals surface area contributed by atoms with Crippen LogP contribution < -0.4 is 0 Å². The normalized spacial score (nSPS) is 15.4. The molecular formula is C10H13F3N2O3. The van der Waals surface area contributed by atoms with E-state index >= 15 is 0 Å². The van der Waals surface area contributed by atoms with Crippen LogP contribution >= 0.6 is 0 Å². The van der Waals surface area contributed by atoms with Gasteiger partial charge in [-0.3, -0.25) is 4.79 Å². The second kappa shape index (κ2) is 5.05. The lowest BCUT2D eigenvalue weighted by Crippen LogP contribution is -2.26. The van der Waals surface area contributed by atoms with Crippen molar-refractivity contribution in [2.24, 2.45) is 0 Å². The van der Waals surface area contributed by atoms with E-state index in [-0.39, 0.29) is 11.7 Å². The maximum Gasteiger partial charge on any atom is 0.450 e. The molecule has 0 N–H and O–H groups in total. The molecule has 0 aliphatic rings. The van der Waals surface area contributed by atoms with Crippen LogP contribution in [0.25, 0.3) is 0 Å². The van der Waals surface area contributed by atoms with Crippen molar-refractivity contribution in [1.29, 1.82) is 0 Å². The Morgan fingerprint density at radius 1 is 1.44 bits per heavy atom. The molecule has 1 aromatic heterocycles. The topological polar surface area (TPSA) is 65.2 Å². The summed E-state index contributed by atoms with van der Waals surface area (Å²) < 4.78 is 45.9. The number of aromatic nitrogens is 2. The zero-order chi connectivity index (χ0) is 14.0. The van der Waals surface area contributed by atoms with Crippen molar-refractivity contribution in [1.82, 2.24) is 10.1 Å². The van der Waals surface area contributed by atoms with Crippen LogP contribution in [0.5, 0.6) is 0 Å². The highest BCUT2D eigenvalue weighted by Crippen LogP contribution is 2.26. The van der Waals surface area contributed by atoms with Crippen LogP contribution in [-0.2, 0) is 21.6 Å². The monoisotopic (exact) mass is 266 g/mol. The van der Waals surface area contributed by atoms with Crippen LogP contribution in [0.2, 0.25) is 0 Å². The first-order valence-corrected chi connectivity index (χ1v) is 5.21. The predicted octanol–water partition coefficient (Wildman–Crippen LogP) is 2.02. The van der Waals surface area contributed by atoms with E-state index in [9.17, 15) is 18.0 Å². The average Bonchev–Trinajstić information content (AvgIpc) is 2.75. The fourth-order valence-electron chi connectivity index (χ4n) is 1.17. The molecular weight excluding hydrogens is 253 g/mol. The van der Waals surface area contributed by atoms with Gasteiger partial charge in [-0.25, -0.2) is 0 Å². The highest BCUT2D eigenvalue weighted by molar-refractivity contribution is 5.85. The summed E-state index contributed by atoms with van der Waals surface area (Å²) in [6.07, 6.45) is -5.35. The first kappa shape index (κ1) is 14.6. The van der Waals surface area contributed by atoms with Gasteiger partial charge >= 0.3 is 6.18 Å². The molecule has 1 unspecified atom stereocenters. The Hall–Kier alpha value is -1.44. The Morgan fingerprint density at radius 3 is 2.50 bits per heavy atom. The molecule has 0 saturated carbocycles. The van der Waals surface area contributed by atoms with Crippen LogP contribution in [0, 0.1) is 0 Å². The third-order valence-electron chi connectivity index (χ3n) is 2.69. The van der Waals surface area contributed by atoms with Gasteiger partial charge in [0.05, 0.1) is 6.42 Å². The van der Waals surface area contributed by atoms with Gasteiger partial charge in [0.25, 0.3) is 0 Å². The fourth-order valence-corrected chi connectivity index (χ4v) is 1.17. The van der Waals surface area contributed by atoms with Crippen molar-refractivity contribution in [3.05, 3.63) is 11.7 Å². The SMILES string of the molecule is CCC(C)(OC)c1noc(CC(=O)C(F)(F)F)n1. The van der Waals surface area contributed by atoms with Gasteiger partial charge in [-0.15, -0.1) is 0 Å². The van der Waals surface area contributed by atoms with Gasteiger partial charge in [0.15, 0.2) is 0 Å². The molecule has 0 bridgehead atoms. The van der Waals surface area contributed by atoms with E-state index < -0.39 is 24.0 Å². The minimum absolute atomic E-state index is 0.123. The molecule has 0 aliphatic heterocycles. The van der Waals surface area contributed by atoms with Gasteiger partial charge in [-0.1, -0.05) is 12.1 Å². The molecule has 8 heteroatoms. The van der Waals surface area contributed by atoms with Crippen molar-refractivity contribution < 1.29 is 27.2 Å². The number of rotatable bonds is 5. The molecule has 0 spiro atoms. The lowest BCUT2D eigenvalue weighted by molar-refractivity contribution is -0.170. The molecule has 0 amide bonds. The van der Waals surface area contributed by atoms with Crippen molar-refractivity contribution in [2.45, 2.75) is 38.5 Å². The molecule has 18 heavy (non-hydrogen) atoms. The summed E-state index contributed by atoms with van der Waals surface area (Å²) in [5, 5.41) is 3.53. The summed E-state index contributed by atoms with van der Waals surface area (Å²) in [7, 11) is 1.43. The van der Waals surface area contributed by atoms with Gasteiger partial charge in [0, 0.05) is 7.11 Å². The molecule has 1 rings (SSSR count). The Balaban J connectivity index is 2.85. The molecule has 1 aromatic rings. The quantitative estimate of drug-likeness (QED) is 0.815. The van der Waals surface area contributed by atoms with E-state index in [1.54, 1.807) is 13.8 Å². The van der Waals surface area contributed by atoms with Crippen molar-refractivity contribution in [3.63, 3.8) is 0 Å². The van der Waals surface area contributed by atoms with E-state index in [0.717, 1.165) is 0 Å². The molecule has 0 fully saturated rings. The number of carbonyl (C=O) groups excluding carboxylic acids is 1. The third-order valence-corrected chi connectivity index (χ3v) is 2.69. The smallest absolute Gasteiger partial charge is 0.370 e. The van der Waals surface area contributed by atoms with Crippen LogP contribution in [0.15, 0.2) is 4.52 Å². The minimum Gasteiger partial charge on any atom is -0.370 e. The van der Waals surface area contributed by atoms with Crippen LogP contribution in [-0.4, -0.2) is 29.2 Å². The Kier molecular flexibility index (Phi) is 4.10. The molecule has 0 aliphatic carbocycles. The van der Waals surface area contributed by atoms with E-state index in [4.69, 9.17) is 4.74 Å². The predicted molar refractivity (Wildman–Crippen MR) is 53.7 cm³/mol. The van der Waals surface area contributed by atoms with Crippen molar-refractivity contribution >= 4 is 5.78 Å². The number of halogens is 3. The van der Waals surface area contributed by atoms with E-state index in [1.165, 1.54) is 7.11 Å². The Bertz CT molecular complexity index is 424. The number of ether oxygens (including phenoxy) is 1. The summed E-state index contributed by atoms with van der Waals surface area (Å²) in [6.45, 7) is 3.48. The minimum atomic E-state index is -4.90. The van der Waals surface area contributed by atoms with Crippen molar-refractivity contribution in [3.8, 4) is 0 Å². The lowest BCUT2D eigenvalue weighted by atomic mass is 10.0. The number of hydrogen-bond donors (Lipinski definition) is 0. The van der Waals surface area contributed by atoms with E-state index in [0.29, 0.717) is 6.42 Å². The zero-order valence-electron chi connectivity index (χ0n) is 10.2. The number of alkyl halides is 3. The molecule has 0 aromatic carbocycles. The van der Waals surface area contributed by atoms with Gasteiger partial charge in [-0.2, -0.15) is 18.2 Å². The summed E-state index contributed by atoms with van der Waals surface area (Å²) in [5.74, 6) is -2.17. The number of carbonyl (C=O) groups is 1. The number of Topliss-reactive ketones (excluding diaryl/α,β-unsaturated/α-hetero) is 1. The highest BCUT2D eigenvalue weighted by atomic mass is 19.4. The summed E-state index contributed by atoms with van der Waals surface area (Å²) >= 11 is 0. The summed E-state index contributed by atoms with van der Waals surface area (Å²) in [6, 6.07) is 0. The largest absolute Gasteiger partial charge is 0.450 e. The second-order valence-electron chi connectivity index (χ2n) is 3.90. The lowest BCUT2D eigenvalue weighted by Gasteiger charge is -2.21. The van der Waals surface area contributed by atoms with E-state index in [1.807, 2.05) is 0 Å². The van der Waals surface area contributed by atoms with Crippen LogP contribution in [0.4, 0.5) is 13.2 Å². The van der Waals surface area contributed by atoms with Crippen LogP contribution in [0.1, 0.15) is 32.0 Å². The maximum absolute atomic E-state index is 12.0. The Morgan fingerprint density at radius 2 is 2.06 bits per heavy atom. The van der Waals surface area contributed by atoms with Gasteiger partial charge < -0.3 is 9.26 Å². The molecule has 1 heterocycles. The average molecular weight is 266 g/mol. The zero-order valence-corrected chi connectivity index (χ0v) is 10.2. The number of ketones is 1. The first-order chi connectivity index (χ1) is 8.23. The maximum atomic E-state index is 12.0. The van der Waals surface area contributed by atoms with Gasteiger partial charge in [0.2, 0.25) is 17.5 Å². The van der Waals surface area contributed by atoms with Gasteiger partial charge in [-0.05, 0) is 13.3 Å². The molecule has 5 nitrogen and oxygen atoms in total. The first-order valence-electron chi connectivity index (χ1n) is 5.21. The highest BCUT2D eigenvalue weighted by Gasteiger charge is 2.39. The van der Waals surface area contributed by atoms with Crippen molar-refractivity contribution in [2.75, 3.05) is 7.11 Å². The number of nitrogens with zero attached hydrogens (tertiary/aromatic N) is 2. The molecule has 0 radical (unpaired) electrons. The molecule has 102 valence electrons. The third kappa shape index (κ3) is 3.06. The fraction of sp³-hybridized carbons (Fsp3) is 0.700. The second-order valence-corrected chi connectivity index (χ2v) is 3.90.